The molecule has 1 saturated heterocycles. The van der Waals surface area contributed by atoms with Gasteiger partial charge in [-0.25, -0.2) is 4.39 Å². The monoisotopic (exact) mass is 328 g/mol. The number of methoxy groups -OCH3 is 1. The molecule has 1 heterocycles. The summed E-state index contributed by atoms with van der Waals surface area (Å²) in [5.41, 5.74) is 1.32. The lowest BCUT2D eigenvalue weighted by Gasteiger charge is -2.13. The molecule has 116 valence electrons. The lowest BCUT2D eigenvalue weighted by atomic mass is 10.2. The molecule has 2 aromatic rings. The van der Waals surface area contributed by atoms with Crippen molar-refractivity contribution in [2.24, 2.45) is 0 Å². The Balaban J connectivity index is 1.88. The number of thioether (sulfide) groups is 1. The number of carbonyl (C=O) groups is 1. The number of nitrogens with zero attached hydrogens (tertiary/aromatic N) is 1. The number of amides is 1. The van der Waals surface area contributed by atoms with Crippen molar-refractivity contribution in [3.05, 3.63) is 64.8 Å². The van der Waals surface area contributed by atoms with Gasteiger partial charge in [0.15, 0.2) is 5.17 Å². The number of benzene rings is 2. The zero-order valence-electron chi connectivity index (χ0n) is 12.2. The molecule has 1 amide bonds. The van der Waals surface area contributed by atoms with Gasteiger partial charge in [-0.2, -0.15) is 0 Å². The van der Waals surface area contributed by atoms with E-state index in [4.69, 9.17) is 10.1 Å². The van der Waals surface area contributed by atoms with Crippen LogP contribution in [0.4, 0.5) is 10.1 Å². The van der Waals surface area contributed by atoms with Crippen LogP contribution in [0.5, 0.6) is 5.75 Å². The van der Waals surface area contributed by atoms with Gasteiger partial charge in [0.1, 0.15) is 11.6 Å². The standard InChI is InChI=1S/C17H13FN2O2S/c1-22-14-8-2-11(3-9-14)10-15-16(21)20(17(19)23-15)13-6-4-12(18)5-7-13/h2-10,19H,1H3/b15-10+,19-17?. The van der Waals surface area contributed by atoms with Gasteiger partial charge in [-0.15, -0.1) is 0 Å². The third-order valence-electron chi connectivity index (χ3n) is 3.32. The zero-order valence-corrected chi connectivity index (χ0v) is 13.1. The molecular weight excluding hydrogens is 315 g/mol. The Morgan fingerprint density at radius 1 is 1.13 bits per heavy atom. The highest BCUT2D eigenvalue weighted by atomic mass is 32.2. The van der Waals surface area contributed by atoms with Crippen LogP contribution in [0.3, 0.4) is 0 Å². The summed E-state index contributed by atoms with van der Waals surface area (Å²) in [4.78, 5) is 14.2. The molecule has 1 aliphatic heterocycles. The van der Waals surface area contributed by atoms with Gasteiger partial charge >= 0.3 is 0 Å². The Morgan fingerprint density at radius 3 is 2.39 bits per heavy atom. The first-order valence-electron chi connectivity index (χ1n) is 6.80. The highest BCUT2D eigenvalue weighted by Crippen LogP contribution is 2.35. The fraction of sp³-hybridized carbons (Fsp3) is 0.0588. The van der Waals surface area contributed by atoms with E-state index >= 15 is 0 Å². The summed E-state index contributed by atoms with van der Waals surface area (Å²) in [7, 11) is 1.59. The van der Waals surface area contributed by atoms with E-state index in [2.05, 4.69) is 0 Å². The molecule has 0 bridgehead atoms. The number of carbonyl (C=O) groups excluding carboxylic acids is 1. The zero-order chi connectivity index (χ0) is 16.4. The number of hydrogen-bond donors (Lipinski definition) is 1. The second kappa shape index (κ2) is 6.26. The number of nitrogens with one attached hydrogen (secondary N) is 1. The molecule has 0 unspecified atom stereocenters. The highest BCUT2D eigenvalue weighted by molar-refractivity contribution is 8.19. The minimum Gasteiger partial charge on any atom is -0.497 e. The van der Waals surface area contributed by atoms with Gasteiger partial charge in [-0.05, 0) is 59.8 Å². The van der Waals surface area contributed by atoms with Crippen molar-refractivity contribution >= 4 is 34.6 Å². The molecule has 0 spiro atoms. The van der Waals surface area contributed by atoms with Crippen LogP contribution >= 0.6 is 11.8 Å². The van der Waals surface area contributed by atoms with Crippen molar-refractivity contribution in [3.8, 4) is 5.75 Å². The molecular formula is C17H13FN2O2S. The maximum atomic E-state index is 13.0. The lowest BCUT2D eigenvalue weighted by molar-refractivity contribution is -0.113. The van der Waals surface area contributed by atoms with Crippen LogP contribution in [0.25, 0.3) is 6.08 Å². The fourth-order valence-corrected chi connectivity index (χ4v) is 3.02. The highest BCUT2D eigenvalue weighted by Gasteiger charge is 2.33. The average Bonchev–Trinajstić information content (AvgIpc) is 2.83. The predicted molar refractivity (Wildman–Crippen MR) is 90.2 cm³/mol. The largest absolute Gasteiger partial charge is 0.497 e. The van der Waals surface area contributed by atoms with Crippen LogP contribution in [-0.4, -0.2) is 18.2 Å². The van der Waals surface area contributed by atoms with Crippen molar-refractivity contribution in [1.82, 2.24) is 0 Å². The Kier molecular flexibility index (Phi) is 4.16. The number of ether oxygens (including phenoxy) is 1. The van der Waals surface area contributed by atoms with Crippen LogP contribution in [0, 0.1) is 11.2 Å². The van der Waals surface area contributed by atoms with Gasteiger partial charge < -0.3 is 4.74 Å². The van der Waals surface area contributed by atoms with Gasteiger partial charge in [-0.1, -0.05) is 12.1 Å². The Labute approximate surface area is 137 Å². The molecule has 0 aliphatic carbocycles. The van der Waals surface area contributed by atoms with Crippen molar-refractivity contribution in [2.45, 2.75) is 0 Å². The Bertz CT molecular complexity index is 785. The van der Waals surface area contributed by atoms with Crippen LogP contribution < -0.4 is 9.64 Å². The first-order valence-corrected chi connectivity index (χ1v) is 7.62. The molecule has 3 rings (SSSR count). The van der Waals surface area contributed by atoms with Gasteiger partial charge in [0.2, 0.25) is 0 Å². The normalized spacial score (nSPS) is 16.3. The van der Waals surface area contributed by atoms with Gasteiger partial charge in [-0.3, -0.25) is 15.1 Å². The quantitative estimate of drug-likeness (QED) is 0.870. The maximum absolute atomic E-state index is 13.0. The molecule has 4 nitrogen and oxygen atoms in total. The molecule has 2 aromatic carbocycles. The van der Waals surface area contributed by atoms with E-state index in [1.807, 2.05) is 12.1 Å². The Morgan fingerprint density at radius 2 is 1.78 bits per heavy atom. The van der Waals surface area contributed by atoms with E-state index in [-0.39, 0.29) is 16.9 Å². The van der Waals surface area contributed by atoms with Crippen molar-refractivity contribution < 1.29 is 13.9 Å². The summed E-state index contributed by atoms with van der Waals surface area (Å²) in [6.07, 6.45) is 1.73. The second-order valence-electron chi connectivity index (χ2n) is 4.81. The molecule has 0 atom stereocenters. The first kappa shape index (κ1) is 15.3. The summed E-state index contributed by atoms with van der Waals surface area (Å²) in [6, 6.07) is 12.8. The summed E-state index contributed by atoms with van der Waals surface area (Å²) in [5.74, 6) is 0.0641. The molecule has 23 heavy (non-hydrogen) atoms. The molecule has 1 aliphatic rings. The first-order chi connectivity index (χ1) is 11.1. The Hall–Kier alpha value is -2.60. The summed E-state index contributed by atoms with van der Waals surface area (Å²) >= 11 is 1.08. The summed E-state index contributed by atoms with van der Waals surface area (Å²) < 4.78 is 18.1. The van der Waals surface area contributed by atoms with E-state index in [1.165, 1.54) is 29.2 Å². The van der Waals surface area contributed by atoms with E-state index in [1.54, 1.807) is 25.3 Å². The molecule has 0 radical (unpaired) electrons. The van der Waals surface area contributed by atoms with E-state index < -0.39 is 0 Å². The average molecular weight is 328 g/mol. The third kappa shape index (κ3) is 3.12. The minimum atomic E-state index is -0.381. The molecule has 0 saturated carbocycles. The van der Waals surface area contributed by atoms with Gasteiger partial charge in [0, 0.05) is 0 Å². The molecule has 1 fully saturated rings. The van der Waals surface area contributed by atoms with Crippen LogP contribution in [0.1, 0.15) is 5.56 Å². The summed E-state index contributed by atoms with van der Waals surface area (Å²) in [6.45, 7) is 0. The number of hydrogen-bond acceptors (Lipinski definition) is 4. The van der Waals surface area contributed by atoms with Crippen LogP contribution in [0.2, 0.25) is 0 Å². The summed E-state index contributed by atoms with van der Waals surface area (Å²) in [5, 5.41) is 8.10. The van der Waals surface area contributed by atoms with Crippen LogP contribution in [-0.2, 0) is 4.79 Å². The molecule has 6 heteroatoms. The topological polar surface area (TPSA) is 53.4 Å². The van der Waals surface area contributed by atoms with E-state index in [9.17, 15) is 9.18 Å². The lowest BCUT2D eigenvalue weighted by Crippen LogP contribution is -2.28. The fourth-order valence-electron chi connectivity index (χ4n) is 2.16. The number of rotatable bonds is 3. The molecule has 0 aromatic heterocycles. The van der Waals surface area contributed by atoms with Crippen molar-refractivity contribution in [2.75, 3.05) is 12.0 Å². The molecule has 1 N–H and O–H groups in total. The van der Waals surface area contributed by atoms with Crippen LogP contribution in [0.15, 0.2) is 53.4 Å². The predicted octanol–water partition coefficient (Wildman–Crippen LogP) is 3.89. The number of halogens is 1. The number of anilines is 1. The second-order valence-corrected chi connectivity index (χ2v) is 5.84. The van der Waals surface area contributed by atoms with Crippen molar-refractivity contribution in [3.63, 3.8) is 0 Å². The van der Waals surface area contributed by atoms with E-state index in [0.717, 1.165) is 23.1 Å². The number of amidine groups is 1. The smallest absolute Gasteiger partial charge is 0.271 e. The SMILES string of the molecule is COc1ccc(/C=C2/SC(=N)N(c3ccc(F)cc3)C2=O)cc1. The minimum absolute atomic E-state index is 0.0985. The van der Waals surface area contributed by atoms with Gasteiger partial charge in [0.05, 0.1) is 17.7 Å². The van der Waals surface area contributed by atoms with Gasteiger partial charge in [0.25, 0.3) is 5.91 Å². The van der Waals surface area contributed by atoms with Crippen molar-refractivity contribution in [1.29, 1.82) is 5.41 Å². The van der Waals surface area contributed by atoms with E-state index in [0.29, 0.717) is 10.6 Å². The third-order valence-corrected chi connectivity index (χ3v) is 4.21. The maximum Gasteiger partial charge on any atom is 0.271 e.